The summed E-state index contributed by atoms with van der Waals surface area (Å²) in [5.74, 6) is -0.179. The van der Waals surface area contributed by atoms with Gasteiger partial charge in [0.1, 0.15) is 5.01 Å². The van der Waals surface area contributed by atoms with Crippen molar-refractivity contribution in [2.45, 2.75) is 45.8 Å². The summed E-state index contributed by atoms with van der Waals surface area (Å²) in [4.78, 5) is 17.3. The lowest BCUT2D eigenvalue weighted by molar-refractivity contribution is 0.0134. The zero-order valence-corrected chi connectivity index (χ0v) is 18.1. The fourth-order valence-corrected chi connectivity index (χ4v) is 4.61. The lowest BCUT2D eigenvalue weighted by Gasteiger charge is -2.31. The highest BCUT2D eigenvalue weighted by molar-refractivity contribution is 7.13. The molecule has 0 amide bonds. The van der Waals surface area contributed by atoms with Crippen molar-refractivity contribution < 1.29 is 14.3 Å². The molecule has 1 aliphatic rings. The molecule has 0 aliphatic carbocycles. The normalized spacial score (nSPS) is 18.3. The predicted octanol–water partition coefficient (Wildman–Crippen LogP) is 4.03. The van der Waals surface area contributed by atoms with Crippen LogP contribution in [0.25, 0.3) is 16.1 Å². The van der Waals surface area contributed by atoms with Crippen molar-refractivity contribution in [3.8, 4) is 10.6 Å². The molecule has 0 saturated carbocycles. The molecule has 0 radical (unpaired) electrons. The van der Waals surface area contributed by atoms with E-state index in [1.807, 2.05) is 38.4 Å². The largest absolute Gasteiger partial charge is 0.459 e. The molecule has 6 nitrogen and oxygen atoms in total. The first kappa shape index (κ1) is 20.1. The average Bonchev–Trinajstić information content (AvgIpc) is 3.36. The Balaban J connectivity index is 1.86. The Bertz CT molecular complexity index is 1000. The summed E-state index contributed by atoms with van der Waals surface area (Å²) in [7, 11) is 0. The van der Waals surface area contributed by atoms with Gasteiger partial charge in [0.2, 0.25) is 0 Å². The van der Waals surface area contributed by atoms with Gasteiger partial charge in [-0.1, -0.05) is 6.92 Å². The van der Waals surface area contributed by atoms with Crippen LogP contribution in [0.1, 0.15) is 48.3 Å². The van der Waals surface area contributed by atoms with Gasteiger partial charge in [0.25, 0.3) is 0 Å². The molecule has 154 valence electrons. The van der Waals surface area contributed by atoms with Gasteiger partial charge in [-0.25, -0.2) is 9.78 Å². The minimum absolute atomic E-state index is 0.0488. The summed E-state index contributed by atoms with van der Waals surface area (Å²) in [6.45, 7) is 10.3. The second-order valence-electron chi connectivity index (χ2n) is 7.79. The molecule has 1 fully saturated rings. The van der Waals surface area contributed by atoms with E-state index in [9.17, 15) is 4.79 Å². The Labute approximate surface area is 174 Å². The van der Waals surface area contributed by atoms with Gasteiger partial charge in [0, 0.05) is 53.6 Å². The summed E-state index contributed by atoms with van der Waals surface area (Å²) in [6, 6.07) is 4.01. The van der Waals surface area contributed by atoms with E-state index in [0.717, 1.165) is 40.4 Å². The van der Waals surface area contributed by atoms with Gasteiger partial charge in [0.05, 0.1) is 24.4 Å². The highest BCUT2D eigenvalue weighted by Gasteiger charge is 2.28. The maximum Gasteiger partial charge on any atom is 0.338 e. The number of hydrogen-bond acceptors (Lipinski definition) is 6. The third kappa shape index (κ3) is 3.95. The van der Waals surface area contributed by atoms with E-state index in [2.05, 4.69) is 33.9 Å². The van der Waals surface area contributed by atoms with Crippen molar-refractivity contribution in [2.75, 3.05) is 19.7 Å². The first-order chi connectivity index (χ1) is 14.0. The fourth-order valence-electron chi connectivity index (χ4n) is 3.99. The third-order valence-corrected chi connectivity index (χ3v) is 6.20. The van der Waals surface area contributed by atoms with Gasteiger partial charge < -0.3 is 19.2 Å². The molecule has 0 bridgehead atoms. The van der Waals surface area contributed by atoms with Crippen LogP contribution in [-0.2, 0) is 9.47 Å². The maximum atomic E-state index is 12.8. The number of thiazole rings is 1. The highest BCUT2D eigenvalue weighted by atomic mass is 32.1. The lowest BCUT2D eigenvalue weighted by atomic mass is 9.93. The monoisotopic (exact) mass is 413 g/mol. The number of morpholine rings is 1. The van der Waals surface area contributed by atoms with Crippen molar-refractivity contribution in [2.24, 2.45) is 0 Å². The molecule has 7 heteroatoms. The molecule has 2 atom stereocenters. The van der Waals surface area contributed by atoms with Gasteiger partial charge in [-0.05, 0) is 38.5 Å². The van der Waals surface area contributed by atoms with Crippen molar-refractivity contribution in [3.05, 3.63) is 46.7 Å². The number of carbonyl (C=O) groups is 1. The standard InChI is InChI=1S/C22H27N3O3S/c1-13(2)28-22(26)18-10-17-9-16(21-24-6-8-29-21)12-25(17)20(14(18)3)15(4)19-11-23-5-7-27-19/h6,8-10,12-13,15,19,23H,5,7,11H2,1-4H3. The zero-order chi connectivity index (χ0) is 20.5. The number of aromatic nitrogens is 2. The molecule has 2 unspecified atom stereocenters. The second kappa shape index (κ2) is 8.26. The number of esters is 1. The summed E-state index contributed by atoms with van der Waals surface area (Å²) in [5, 5.41) is 6.35. The van der Waals surface area contributed by atoms with E-state index in [1.165, 1.54) is 0 Å². The van der Waals surface area contributed by atoms with Crippen LogP contribution in [0.3, 0.4) is 0 Å². The Kier molecular flexibility index (Phi) is 5.72. The summed E-state index contributed by atoms with van der Waals surface area (Å²) in [5.41, 5.74) is 4.63. The van der Waals surface area contributed by atoms with Crippen molar-refractivity contribution in [1.29, 1.82) is 0 Å². The van der Waals surface area contributed by atoms with Crippen LogP contribution in [0.4, 0.5) is 0 Å². The maximum absolute atomic E-state index is 12.8. The fraction of sp³-hybridized carbons (Fsp3) is 0.455. The summed E-state index contributed by atoms with van der Waals surface area (Å²) < 4.78 is 13.7. The average molecular weight is 414 g/mol. The molecule has 29 heavy (non-hydrogen) atoms. The smallest absolute Gasteiger partial charge is 0.338 e. The van der Waals surface area contributed by atoms with Crippen LogP contribution in [0.5, 0.6) is 0 Å². The summed E-state index contributed by atoms with van der Waals surface area (Å²) >= 11 is 1.61. The predicted molar refractivity (Wildman–Crippen MR) is 115 cm³/mol. The minimum atomic E-state index is -0.284. The molecule has 3 aromatic rings. The number of nitrogens with zero attached hydrogens (tertiary/aromatic N) is 2. The summed E-state index contributed by atoms with van der Waals surface area (Å²) in [6.07, 6.45) is 3.81. The number of ether oxygens (including phenoxy) is 2. The molecule has 0 aromatic carbocycles. The van der Waals surface area contributed by atoms with E-state index < -0.39 is 0 Å². The molecule has 1 aliphatic heterocycles. The number of rotatable bonds is 5. The third-order valence-electron chi connectivity index (χ3n) is 5.38. The van der Waals surface area contributed by atoms with Crippen LogP contribution in [0.2, 0.25) is 0 Å². The van der Waals surface area contributed by atoms with E-state index in [0.29, 0.717) is 12.2 Å². The topological polar surface area (TPSA) is 64.9 Å². The van der Waals surface area contributed by atoms with Crippen LogP contribution >= 0.6 is 11.3 Å². The molecule has 3 aromatic heterocycles. The SMILES string of the molecule is Cc1c(C(=O)OC(C)C)cc2cc(-c3nccs3)cn2c1C(C)C1CNCCO1. The molecule has 0 spiro atoms. The first-order valence-electron chi connectivity index (χ1n) is 10.0. The van der Waals surface area contributed by atoms with E-state index >= 15 is 0 Å². The van der Waals surface area contributed by atoms with Gasteiger partial charge in [-0.3, -0.25) is 0 Å². The minimum Gasteiger partial charge on any atom is -0.459 e. The van der Waals surface area contributed by atoms with E-state index in [1.54, 1.807) is 11.3 Å². The molecular formula is C22H27N3O3S. The van der Waals surface area contributed by atoms with Crippen molar-refractivity contribution >= 4 is 22.8 Å². The molecule has 1 N–H and O–H groups in total. The van der Waals surface area contributed by atoms with Crippen LogP contribution in [0.15, 0.2) is 29.9 Å². The Hall–Kier alpha value is -2.22. The Morgan fingerprint density at radius 1 is 1.38 bits per heavy atom. The number of fused-ring (bicyclic) bond motifs is 1. The van der Waals surface area contributed by atoms with Gasteiger partial charge in [-0.15, -0.1) is 11.3 Å². The number of carbonyl (C=O) groups excluding carboxylic acids is 1. The van der Waals surface area contributed by atoms with E-state index in [4.69, 9.17) is 9.47 Å². The first-order valence-corrected chi connectivity index (χ1v) is 10.9. The molecule has 4 rings (SSSR count). The highest BCUT2D eigenvalue weighted by Crippen LogP contribution is 2.33. The van der Waals surface area contributed by atoms with Crippen LogP contribution < -0.4 is 5.32 Å². The number of hydrogen-bond donors (Lipinski definition) is 1. The quantitative estimate of drug-likeness (QED) is 0.640. The zero-order valence-electron chi connectivity index (χ0n) is 17.3. The molecular weight excluding hydrogens is 386 g/mol. The lowest BCUT2D eigenvalue weighted by Crippen LogP contribution is -2.41. The molecule has 1 saturated heterocycles. The second-order valence-corrected chi connectivity index (χ2v) is 8.68. The van der Waals surface area contributed by atoms with Crippen LogP contribution in [-0.4, -0.2) is 47.3 Å². The van der Waals surface area contributed by atoms with Gasteiger partial charge in [-0.2, -0.15) is 0 Å². The van der Waals surface area contributed by atoms with Gasteiger partial charge in [0.15, 0.2) is 0 Å². The van der Waals surface area contributed by atoms with Gasteiger partial charge >= 0.3 is 5.97 Å². The number of nitrogens with one attached hydrogen (secondary N) is 1. The Morgan fingerprint density at radius 3 is 2.86 bits per heavy atom. The van der Waals surface area contributed by atoms with Crippen molar-refractivity contribution in [3.63, 3.8) is 0 Å². The molecule has 4 heterocycles. The Morgan fingerprint density at radius 2 is 2.21 bits per heavy atom. The number of pyridine rings is 1. The van der Waals surface area contributed by atoms with Crippen LogP contribution in [0, 0.1) is 6.92 Å². The van der Waals surface area contributed by atoms with Crippen molar-refractivity contribution in [1.82, 2.24) is 14.7 Å². The van der Waals surface area contributed by atoms with E-state index in [-0.39, 0.29) is 24.1 Å².